The maximum atomic E-state index is 12.3. The summed E-state index contributed by atoms with van der Waals surface area (Å²) < 4.78 is 0. The average molecular weight is 307 g/mol. The number of fused-ring (bicyclic) bond motifs is 1. The molecule has 0 bridgehead atoms. The molecule has 0 radical (unpaired) electrons. The van der Waals surface area contributed by atoms with Crippen molar-refractivity contribution >= 4 is 28.3 Å². The standard InChI is InChI=1S/C17H17N5O/c1-11(2)21-15-10-19-14(9-20-15)17(23)22-13-7-3-5-12-6-4-8-18-16(12)13/h3-11H,1-2H3,(H,20,21)(H,22,23). The minimum atomic E-state index is -0.313. The first-order valence-electron chi connectivity index (χ1n) is 7.37. The highest BCUT2D eigenvalue weighted by molar-refractivity contribution is 6.07. The number of nitrogens with one attached hydrogen (secondary N) is 2. The van der Waals surface area contributed by atoms with E-state index in [0.717, 1.165) is 10.9 Å². The Labute approximate surface area is 134 Å². The molecule has 0 fully saturated rings. The number of aromatic nitrogens is 3. The first-order valence-corrected chi connectivity index (χ1v) is 7.37. The van der Waals surface area contributed by atoms with Crippen molar-refractivity contribution in [1.29, 1.82) is 0 Å². The fourth-order valence-corrected chi connectivity index (χ4v) is 2.21. The molecular formula is C17H17N5O. The summed E-state index contributed by atoms with van der Waals surface area (Å²) >= 11 is 0. The van der Waals surface area contributed by atoms with Crippen LogP contribution in [0, 0.1) is 0 Å². The maximum absolute atomic E-state index is 12.3. The molecule has 23 heavy (non-hydrogen) atoms. The number of hydrogen-bond acceptors (Lipinski definition) is 5. The van der Waals surface area contributed by atoms with E-state index in [1.165, 1.54) is 6.20 Å². The van der Waals surface area contributed by atoms with E-state index in [4.69, 9.17) is 0 Å². The van der Waals surface area contributed by atoms with Gasteiger partial charge in [-0.2, -0.15) is 0 Å². The number of nitrogens with zero attached hydrogens (tertiary/aromatic N) is 3. The van der Waals surface area contributed by atoms with Crippen LogP contribution in [-0.2, 0) is 0 Å². The topological polar surface area (TPSA) is 79.8 Å². The molecule has 0 aliphatic rings. The van der Waals surface area contributed by atoms with E-state index >= 15 is 0 Å². The molecule has 0 aliphatic carbocycles. The molecule has 6 nitrogen and oxygen atoms in total. The lowest BCUT2D eigenvalue weighted by molar-refractivity contribution is 0.102. The third-order valence-corrected chi connectivity index (χ3v) is 3.20. The van der Waals surface area contributed by atoms with Gasteiger partial charge >= 0.3 is 0 Å². The van der Waals surface area contributed by atoms with Crippen LogP contribution in [0.1, 0.15) is 24.3 Å². The number of pyridine rings is 1. The Morgan fingerprint density at radius 3 is 2.61 bits per heavy atom. The number of carbonyl (C=O) groups excluding carboxylic acids is 1. The average Bonchev–Trinajstić information content (AvgIpc) is 2.55. The number of benzene rings is 1. The molecule has 2 aromatic heterocycles. The maximum Gasteiger partial charge on any atom is 0.275 e. The monoisotopic (exact) mass is 307 g/mol. The van der Waals surface area contributed by atoms with Gasteiger partial charge in [0.25, 0.3) is 5.91 Å². The Balaban J connectivity index is 1.81. The lowest BCUT2D eigenvalue weighted by Gasteiger charge is -2.09. The lowest BCUT2D eigenvalue weighted by atomic mass is 10.2. The molecule has 2 N–H and O–H groups in total. The van der Waals surface area contributed by atoms with Crippen LogP contribution in [0.4, 0.5) is 11.5 Å². The van der Waals surface area contributed by atoms with E-state index < -0.39 is 0 Å². The highest BCUT2D eigenvalue weighted by Gasteiger charge is 2.11. The summed E-state index contributed by atoms with van der Waals surface area (Å²) in [6.07, 6.45) is 4.71. The van der Waals surface area contributed by atoms with Gasteiger partial charge in [0.2, 0.25) is 0 Å². The Morgan fingerprint density at radius 2 is 1.87 bits per heavy atom. The van der Waals surface area contributed by atoms with Crippen molar-refractivity contribution in [3.8, 4) is 0 Å². The van der Waals surface area contributed by atoms with Crippen LogP contribution in [0.2, 0.25) is 0 Å². The first kappa shape index (κ1) is 14.9. The number of carbonyl (C=O) groups is 1. The molecule has 116 valence electrons. The molecule has 3 rings (SSSR count). The molecule has 0 saturated carbocycles. The van der Waals surface area contributed by atoms with Crippen LogP contribution in [0.15, 0.2) is 48.9 Å². The van der Waals surface area contributed by atoms with Crippen molar-refractivity contribution in [2.24, 2.45) is 0 Å². The largest absolute Gasteiger partial charge is 0.367 e. The summed E-state index contributed by atoms with van der Waals surface area (Å²) in [5, 5.41) is 6.93. The summed E-state index contributed by atoms with van der Waals surface area (Å²) in [5.41, 5.74) is 1.65. The van der Waals surface area contributed by atoms with Crippen LogP contribution in [0.3, 0.4) is 0 Å². The van der Waals surface area contributed by atoms with Crippen molar-refractivity contribution in [2.75, 3.05) is 10.6 Å². The molecule has 0 saturated heterocycles. The Kier molecular flexibility index (Phi) is 4.14. The molecule has 1 amide bonds. The van der Waals surface area contributed by atoms with Gasteiger partial charge in [0.05, 0.1) is 23.6 Å². The van der Waals surface area contributed by atoms with Gasteiger partial charge < -0.3 is 10.6 Å². The predicted molar refractivity (Wildman–Crippen MR) is 90.5 cm³/mol. The van der Waals surface area contributed by atoms with Crippen molar-refractivity contribution in [1.82, 2.24) is 15.0 Å². The van der Waals surface area contributed by atoms with E-state index in [-0.39, 0.29) is 17.6 Å². The lowest BCUT2D eigenvalue weighted by Crippen LogP contribution is -2.16. The summed E-state index contributed by atoms with van der Waals surface area (Å²) in [6.45, 7) is 4.02. The van der Waals surface area contributed by atoms with Crippen LogP contribution in [0.25, 0.3) is 10.9 Å². The minimum Gasteiger partial charge on any atom is -0.367 e. The van der Waals surface area contributed by atoms with Crippen molar-refractivity contribution < 1.29 is 4.79 Å². The van der Waals surface area contributed by atoms with Crippen molar-refractivity contribution in [3.05, 3.63) is 54.6 Å². The Bertz CT molecular complexity index is 825. The molecule has 1 aromatic carbocycles. The molecule has 3 aromatic rings. The third kappa shape index (κ3) is 3.42. The summed E-state index contributed by atoms with van der Waals surface area (Å²) in [5.74, 6) is 0.329. The molecule has 0 aliphatic heterocycles. The van der Waals surface area contributed by atoms with E-state index in [1.807, 2.05) is 44.2 Å². The SMILES string of the molecule is CC(C)Nc1cnc(C(=O)Nc2cccc3cccnc23)cn1. The van der Waals surface area contributed by atoms with Crippen molar-refractivity contribution in [3.63, 3.8) is 0 Å². The Hall–Kier alpha value is -3.02. The Morgan fingerprint density at radius 1 is 1.04 bits per heavy atom. The third-order valence-electron chi connectivity index (χ3n) is 3.20. The van der Waals surface area contributed by atoms with Crippen LogP contribution < -0.4 is 10.6 Å². The number of para-hydroxylation sites is 1. The number of hydrogen-bond donors (Lipinski definition) is 2. The molecule has 0 atom stereocenters. The van der Waals surface area contributed by atoms with E-state index in [0.29, 0.717) is 11.5 Å². The molecule has 6 heteroatoms. The quantitative estimate of drug-likeness (QED) is 0.774. The first-order chi connectivity index (χ1) is 11.1. The minimum absolute atomic E-state index is 0.255. The van der Waals surface area contributed by atoms with E-state index in [1.54, 1.807) is 12.4 Å². The highest BCUT2D eigenvalue weighted by atomic mass is 16.1. The van der Waals surface area contributed by atoms with Gasteiger partial charge in [0.1, 0.15) is 11.5 Å². The highest BCUT2D eigenvalue weighted by Crippen LogP contribution is 2.21. The van der Waals surface area contributed by atoms with E-state index in [9.17, 15) is 4.79 Å². The van der Waals surface area contributed by atoms with Gasteiger partial charge in [0, 0.05) is 17.6 Å². The van der Waals surface area contributed by atoms with Crippen LogP contribution in [0.5, 0.6) is 0 Å². The number of amides is 1. The smallest absolute Gasteiger partial charge is 0.275 e. The van der Waals surface area contributed by atoms with Gasteiger partial charge in [0.15, 0.2) is 0 Å². The molecule has 0 spiro atoms. The van der Waals surface area contributed by atoms with Crippen LogP contribution in [-0.4, -0.2) is 26.9 Å². The zero-order chi connectivity index (χ0) is 16.2. The fraction of sp³-hybridized carbons (Fsp3) is 0.176. The summed E-state index contributed by atoms with van der Waals surface area (Å²) in [6, 6.07) is 9.70. The second kappa shape index (κ2) is 6.39. The van der Waals surface area contributed by atoms with E-state index in [2.05, 4.69) is 25.6 Å². The molecule has 2 heterocycles. The second-order valence-electron chi connectivity index (χ2n) is 5.42. The van der Waals surface area contributed by atoms with Gasteiger partial charge in [-0.3, -0.25) is 9.78 Å². The van der Waals surface area contributed by atoms with Gasteiger partial charge in [-0.25, -0.2) is 9.97 Å². The summed E-state index contributed by atoms with van der Waals surface area (Å²) in [7, 11) is 0. The zero-order valence-electron chi connectivity index (χ0n) is 12.9. The second-order valence-corrected chi connectivity index (χ2v) is 5.42. The summed E-state index contributed by atoms with van der Waals surface area (Å²) in [4.78, 5) is 25.0. The van der Waals surface area contributed by atoms with Gasteiger partial charge in [-0.15, -0.1) is 0 Å². The predicted octanol–water partition coefficient (Wildman–Crippen LogP) is 3.10. The van der Waals surface area contributed by atoms with Crippen molar-refractivity contribution in [2.45, 2.75) is 19.9 Å². The van der Waals surface area contributed by atoms with Crippen LogP contribution >= 0.6 is 0 Å². The van der Waals surface area contributed by atoms with Gasteiger partial charge in [-0.1, -0.05) is 18.2 Å². The fourth-order valence-electron chi connectivity index (χ4n) is 2.21. The molecule has 0 unspecified atom stereocenters. The number of rotatable bonds is 4. The normalized spacial score (nSPS) is 10.7. The number of anilines is 2. The zero-order valence-corrected chi connectivity index (χ0v) is 12.9. The van der Waals surface area contributed by atoms with Gasteiger partial charge in [-0.05, 0) is 26.0 Å². The molecular weight excluding hydrogens is 290 g/mol.